The number of benzene rings is 2. The summed E-state index contributed by atoms with van der Waals surface area (Å²) >= 11 is 5.98. The lowest BCUT2D eigenvalue weighted by Crippen LogP contribution is -2.40. The van der Waals surface area contributed by atoms with Crippen LogP contribution in [0.5, 0.6) is 0 Å². The molecule has 3 rings (SSSR count). The Balaban J connectivity index is 2.22. The van der Waals surface area contributed by atoms with E-state index in [1.54, 1.807) is 61.6 Å². The van der Waals surface area contributed by atoms with E-state index in [0.29, 0.717) is 29.2 Å². The minimum absolute atomic E-state index is 0.0242. The zero-order chi connectivity index (χ0) is 24.4. The summed E-state index contributed by atoms with van der Waals surface area (Å²) in [6.07, 6.45) is -4.65. The van der Waals surface area contributed by atoms with E-state index in [4.69, 9.17) is 17.3 Å². The van der Waals surface area contributed by atoms with Gasteiger partial charge in [-0.05, 0) is 41.3 Å². The Morgan fingerprint density at radius 1 is 1.06 bits per heavy atom. The van der Waals surface area contributed by atoms with Crippen molar-refractivity contribution in [3.05, 3.63) is 82.6 Å². The lowest BCUT2D eigenvalue weighted by Gasteiger charge is -2.30. The number of carbonyl (C=O) groups is 1. The summed E-state index contributed by atoms with van der Waals surface area (Å²) in [5.41, 5.74) is 5.85. The molecule has 1 heterocycles. The lowest BCUT2D eigenvalue weighted by molar-refractivity contribution is -0.143. The number of hydrogen-bond acceptors (Lipinski definition) is 2. The van der Waals surface area contributed by atoms with E-state index in [1.807, 2.05) is 13.8 Å². The summed E-state index contributed by atoms with van der Waals surface area (Å²) in [4.78, 5) is 15.1. The van der Waals surface area contributed by atoms with Gasteiger partial charge in [0.15, 0.2) is 0 Å². The van der Waals surface area contributed by atoms with Crippen molar-refractivity contribution in [1.82, 2.24) is 9.47 Å². The van der Waals surface area contributed by atoms with Gasteiger partial charge in [0.25, 0.3) is 5.91 Å². The summed E-state index contributed by atoms with van der Waals surface area (Å²) in [6, 6.07) is 16.2. The van der Waals surface area contributed by atoms with E-state index in [-0.39, 0.29) is 17.8 Å². The highest BCUT2D eigenvalue weighted by Gasteiger charge is 2.39. The van der Waals surface area contributed by atoms with Crippen LogP contribution in [0.1, 0.15) is 35.6 Å². The van der Waals surface area contributed by atoms with Crippen LogP contribution in [0.25, 0.3) is 11.1 Å². The second-order valence-corrected chi connectivity index (χ2v) is 9.33. The van der Waals surface area contributed by atoms with Gasteiger partial charge >= 0.3 is 6.18 Å². The molecule has 0 aliphatic heterocycles. The van der Waals surface area contributed by atoms with Crippen LogP contribution >= 0.6 is 11.6 Å². The van der Waals surface area contributed by atoms with Crippen molar-refractivity contribution in [2.75, 3.05) is 20.1 Å². The number of nitrogens with zero attached hydrogens (tertiary/aromatic N) is 2. The van der Waals surface area contributed by atoms with E-state index in [0.717, 1.165) is 10.6 Å². The molecular weight excluding hydrogens is 451 g/mol. The molecule has 8 heteroatoms. The number of halogens is 4. The fraction of sp³-hybridized carbons (Fsp3) is 0.320. The van der Waals surface area contributed by atoms with Crippen LogP contribution in [-0.2, 0) is 12.7 Å². The summed E-state index contributed by atoms with van der Waals surface area (Å²) in [5.74, 6) is -0.507. The molecule has 176 valence electrons. The maximum atomic E-state index is 14.1. The largest absolute Gasteiger partial charge is 0.431 e. The maximum Gasteiger partial charge on any atom is 0.431 e. The molecule has 0 atom stereocenters. The average Bonchev–Trinajstić information content (AvgIpc) is 3.13. The first-order valence-electron chi connectivity index (χ1n) is 10.5. The highest BCUT2D eigenvalue weighted by Crippen LogP contribution is 2.38. The minimum atomic E-state index is -4.65. The molecule has 0 saturated heterocycles. The van der Waals surface area contributed by atoms with Crippen LogP contribution in [-0.4, -0.2) is 35.5 Å². The Hall–Kier alpha value is -2.77. The van der Waals surface area contributed by atoms with Gasteiger partial charge in [-0.2, -0.15) is 13.2 Å². The summed E-state index contributed by atoms with van der Waals surface area (Å²) in [6.45, 7) is 4.33. The topological polar surface area (TPSA) is 51.3 Å². The molecule has 0 saturated carbocycles. The fourth-order valence-electron chi connectivity index (χ4n) is 3.75. The molecular formula is C25H27ClF3N3O. The predicted octanol–water partition coefficient (Wildman–Crippen LogP) is 5.93. The second kappa shape index (κ2) is 9.61. The number of nitrogens with two attached hydrogens (primary N) is 1. The number of aromatic nitrogens is 1. The monoisotopic (exact) mass is 477 g/mol. The van der Waals surface area contributed by atoms with Gasteiger partial charge in [0.05, 0.1) is 0 Å². The normalized spacial score (nSPS) is 12.1. The SMILES string of the molecule is CN(CC(C)(C)CN)C(=O)c1c(-c2ccc(Cl)cc2)cc(C(F)(F)F)n1Cc1ccccc1. The Morgan fingerprint density at radius 3 is 2.21 bits per heavy atom. The molecule has 0 aliphatic carbocycles. The van der Waals surface area contributed by atoms with Crippen LogP contribution in [0.2, 0.25) is 5.02 Å². The third-order valence-corrected chi connectivity index (χ3v) is 5.75. The van der Waals surface area contributed by atoms with Gasteiger partial charge in [-0.25, -0.2) is 0 Å². The van der Waals surface area contributed by atoms with E-state index < -0.39 is 23.2 Å². The van der Waals surface area contributed by atoms with E-state index in [2.05, 4.69) is 0 Å². The smallest absolute Gasteiger partial charge is 0.340 e. The Kier molecular flexibility index (Phi) is 7.24. The van der Waals surface area contributed by atoms with Gasteiger partial charge in [-0.3, -0.25) is 4.79 Å². The Morgan fingerprint density at radius 2 is 1.67 bits per heavy atom. The summed E-state index contributed by atoms with van der Waals surface area (Å²) < 4.78 is 43.5. The van der Waals surface area contributed by atoms with Crippen LogP contribution in [0, 0.1) is 5.41 Å². The number of amides is 1. The van der Waals surface area contributed by atoms with Crippen LogP contribution in [0.3, 0.4) is 0 Å². The average molecular weight is 478 g/mol. The molecule has 2 N–H and O–H groups in total. The quantitative estimate of drug-likeness (QED) is 0.458. The first kappa shape index (κ1) is 24.9. The second-order valence-electron chi connectivity index (χ2n) is 8.90. The van der Waals surface area contributed by atoms with Gasteiger partial charge in [-0.15, -0.1) is 0 Å². The first-order chi connectivity index (χ1) is 15.4. The molecule has 0 spiro atoms. The van der Waals surface area contributed by atoms with Crippen molar-refractivity contribution >= 4 is 17.5 Å². The van der Waals surface area contributed by atoms with Crippen molar-refractivity contribution in [1.29, 1.82) is 0 Å². The predicted molar refractivity (Wildman–Crippen MR) is 125 cm³/mol. The zero-order valence-electron chi connectivity index (χ0n) is 18.8. The van der Waals surface area contributed by atoms with Gasteiger partial charge in [0, 0.05) is 30.7 Å². The molecule has 4 nitrogen and oxygen atoms in total. The lowest BCUT2D eigenvalue weighted by atomic mass is 9.93. The van der Waals surface area contributed by atoms with Crippen molar-refractivity contribution in [3.8, 4) is 11.1 Å². The number of alkyl halides is 3. The standard InChI is InChI=1S/C25H27ClF3N3O/c1-24(2,15-30)16-31(3)23(33)22-20(18-9-11-19(26)12-10-18)13-21(25(27,28)29)32(22)14-17-7-5-4-6-8-17/h4-13H,14-16,30H2,1-3H3. The van der Waals surface area contributed by atoms with Crippen LogP contribution < -0.4 is 5.73 Å². The molecule has 0 bridgehead atoms. The fourth-order valence-corrected chi connectivity index (χ4v) is 3.88. The van der Waals surface area contributed by atoms with Crippen molar-refractivity contribution in [3.63, 3.8) is 0 Å². The van der Waals surface area contributed by atoms with Gasteiger partial charge in [0.2, 0.25) is 0 Å². The molecule has 3 aromatic rings. The Labute approximate surface area is 196 Å². The summed E-state index contributed by atoms with van der Waals surface area (Å²) in [5, 5.41) is 0.452. The molecule has 0 fully saturated rings. The number of carbonyl (C=O) groups excluding carboxylic acids is 1. The molecule has 0 radical (unpaired) electrons. The Bertz CT molecular complexity index is 1110. The van der Waals surface area contributed by atoms with Crippen LogP contribution in [0.4, 0.5) is 13.2 Å². The van der Waals surface area contributed by atoms with Gasteiger partial charge in [-0.1, -0.05) is 67.9 Å². The van der Waals surface area contributed by atoms with Crippen molar-refractivity contribution in [2.45, 2.75) is 26.6 Å². The van der Waals surface area contributed by atoms with E-state index in [1.165, 1.54) is 4.90 Å². The van der Waals surface area contributed by atoms with Crippen molar-refractivity contribution < 1.29 is 18.0 Å². The third kappa shape index (κ3) is 5.78. The molecule has 0 unspecified atom stereocenters. The highest BCUT2D eigenvalue weighted by atomic mass is 35.5. The van der Waals surface area contributed by atoms with Crippen LogP contribution in [0.15, 0.2) is 60.7 Å². The van der Waals surface area contributed by atoms with E-state index >= 15 is 0 Å². The molecule has 33 heavy (non-hydrogen) atoms. The van der Waals surface area contributed by atoms with E-state index in [9.17, 15) is 18.0 Å². The zero-order valence-corrected chi connectivity index (χ0v) is 19.5. The number of hydrogen-bond donors (Lipinski definition) is 1. The van der Waals surface area contributed by atoms with Gasteiger partial charge < -0.3 is 15.2 Å². The molecule has 1 aromatic heterocycles. The molecule has 0 aliphatic rings. The highest BCUT2D eigenvalue weighted by molar-refractivity contribution is 6.30. The molecule has 2 aromatic carbocycles. The minimum Gasteiger partial charge on any atom is -0.340 e. The first-order valence-corrected chi connectivity index (χ1v) is 10.9. The third-order valence-electron chi connectivity index (χ3n) is 5.49. The van der Waals surface area contributed by atoms with Gasteiger partial charge in [0.1, 0.15) is 11.4 Å². The maximum absolute atomic E-state index is 14.1. The number of rotatable bonds is 7. The summed E-state index contributed by atoms with van der Waals surface area (Å²) in [7, 11) is 1.58. The van der Waals surface area contributed by atoms with Crippen molar-refractivity contribution in [2.24, 2.45) is 11.1 Å². The molecule has 1 amide bonds.